The number of nitrogens with zero attached hydrogens (tertiary/aromatic N) is 2. The van der Waals surface area contributed by atoms with Gasteiger partial charge in [0.05, 0.1) is 7.11 Å². The quantitative estimate of drug-likeness (QED) is 0.468. The summed E-state index contributed by atoms with van der Waals surface area (Å²) in [6.07, 6.45) is 3.31. The third-order valence-electron chi connectivity index (χ3n) is 6.61. The summed E-state index contributed by atoms with van der Waals surface area (Å²) >= 11 is 0. The molecule has 1 fully saturated rings. The van der Waals surface area contributed by atoms with Crippen LogP contribution in [0.5, 0.6) is 11.6 Å². The second-order valence-corrected chi connectivity index (χ2v) is 9.78. The fraction of sp³-hybridized carbons (Fsp3) is 0.345. The Morgan fingerprint density at radius 1 is 1.05 bits per heavy atom. The second kappa shape index (κ2) is 11.0. The number of carbonyl (C=O) groups is 2. The van der Waals surface area contributed by atoms with Gasteiger partial charge in [-0.15, -0.1) is 0 Å². The van der Waals surface area contributed by atoms with E-state index in [0.717, 1.165) is 24.0 Å². The maximum atomic E-state index is 14.0. The van der Waals surface area contributed by atoms with Crippen LogP contribution in [-0.2, 0) is 4.79 Å². The lowest BCUT2D eigenvalue weighted by Crippen LogP contribution is -2.42. The van der Waals surface area contributed by atoms with Crippen molar-refractivity contribution in [3.05, 3.63) is 83.3 Å². The zero-order chi connectivity index (χ0) is 26.6. The molecule has 0 spiro atoms. The number of piperidine rings is 1. The number of rotatable bonds is 7. The summed E-state index contributed by atoms with van der Waals surface area (Å²) in [5, 5.41) is 2.91. The first-order chi connectivity index (χ1) is 17.7. The molecule has 194 valence electrons. The molecular weight excluding hydrogens is 473 g/mol. The molecule has 2 heterocycles. The predicted molar refractivity (Wildman–Crippen MR) is 140 cm³/mol. The lowest BCUT2D eigenvalue weighted by molar-refractivity contribution is -0.128. The van der Waals surface area contributed by atoms with Gasteiger partial charge in [0.15, 0.2) is 17.2 Å². The summed E-state index contributed by atoms with van der Waals surface area (Å²) in [6, 6.07) is 15.7. The minimum absolute atomic E-state index is 0.120. The zero-order valence-electron chi connectivity index (χ0n) is 21.6. The van der Waals surface area contributed by atoms with E-state index in [9.17, 15) is 14.0 Å². The van der Waals surface area contributed by atoms with E-state index in [-0.39, 0.29) is 17.6 Å². The molecule has 0 unspecified atom stereocenters. The van der Waals surface area contributed by atoms with Crippen molar-refractivity contribution >= 4 is 17.5 Å². The molecule has 7 nitrogen and oxygen atoms in total. The monoisotopic (exact) mass is 505 g/mol. The van der Waals surface area contributed by atoms with E-state index in [1.54, 1.807) is 37.1 Å². The first-order valence-electron chi connectivity index (χ1n) is 12.3. The number of hydrogen-bond donors (Lipinski definition) is 1. The largest absolute Gasteiger partial charge is 0.494 e. The van der Waals surface area contributed by atoms with Gasteiger partial charge in [-0.25, -0.2) is 9.37 Å². The van der Waals surface area contributed by atoms with Crippen molar-refractivity contribution in [2.45, 2.75) is 45.1 Å². The van der Waals surface area contributed by atoms with E-state index in [0.29, 0.717) is 36.1 Å². The summed E-state index contributed by atoms with van der Waals surface area (Å²) in [4.78, 5) is 31.6. The van der Waals surface area contributed by atoms with Gasteiger partial charge in [0.25, 0.3) is 11.8 Å². The number of anilines is 1. The van der Waals surface area contributed by atoms with Crippen molar-refractivity contribution in [2.75, 3.05) is 25.5 Å². The molecular formula is C29H32FN3O4. The van der Waals surface area contributed by atoms with Crippen LogP contribution in [0.25, 0.3) is 0 Å². The highest BCUT2D eigenvalue weighted by molar-refractivity contribution is 5.97. The van der Waals surface area contributed by atoms with Gasteiger partial charge in [-0.2, -0.15) is 0 Å². The number of hydrogen-bond acceptors (Lipinski definition) is 5. The van der Waals surface area contributed by atoms with Crippen LogP contribution < -0.4 is 14.8 Å². The normalized spacial score (nSPS) is 14.2. The molecule has 2 amide bonds. The molecule has 4 rings (SSSR count). The molecule has 0 aliphatic carbocycles. The van der Waals surface area contributed by atoms with Crippen LogP contribution in [-0.4, -0.2) is 47.5 Å². The van der Waals surface area contributed by atoms with E-state index < -0.39 is 11.4 Å². The average Bonchev–Trinajstić information content (AvgIpc) is 2.90. The topological polar surface area (TPSA) is 80.8 Å². The molecule has 0 saturated carbocycles. The Labute approximate surface area is 216 Å². The number of halogens is 1. The van der Waals surface area contributed by atoms with Gasteiger partial charge in [0, 0.05) is 36.6 Å². The molecule has 1 N–H and O–H groups in total. The van der Waals surface area contributed by atoms with Crippen LogP contribution in [0.4, 0.5) is 10.1 Å². The van der Waals surface area contributed by atoms with Gasteiger partial charge < -0.3 is 19.7 Å². The van der Waals surface area contributed by atoms with Crippen molar-refractivity contribution < 1.29 is 23.5 Å². The Bertz CT molecular complexity index is 1250. The number of likely N-dealkylation sites (tertiary alicyclic amines) is 1. The third kappa shape index (κ3) is 6.25. The molecule has 8 heteroatoms. The number of amides is 2. The molecule has 1 aromatic heterocycles. The van der Waals surface area contributed by atoms with Crippen LogP contribution in [0.15, 0.2) is 60.8 Å². The van der Waals surface area contributed by atoms with Crippen molar-refractivity contribution in [2.24, 2.45) is 0 Å². The smallest absolute Gasteiger partial charge is 0.268 e. The van der Waals surface area contributed by atoms with Crippen molar-refractivity contribution in [3.63, 3.8) is 0 Å². The lowest BCUT2D eigenvalue weighted by atomic mass is 9.89. The number of benzene rings is 2. The van der Waals surface area contributed by atoms with Gasteiger partial charge in [-0.1, -0.05) is 18.2 Å². The fourth-order valence-corrected chi connectivity index (χ4v) is 4.34. The van der Waals surface area contributed by atoms with Crippen molar-refractivity contribution in [1.82, 2.24) is 9.88 Å². The average molecular weight is 506 g/mol. The van der Waals surface area contributed by atoms with Gasteiger partial charge in [0.2, 0.25) is 5.88 Å². The van der Waals surface area contributed by atoms with E-state index in [1.165, 1.54) is 19.2 Å². The summed E-state index contributed by atoms with van der Waals surface area (Å²) in [5.74, 6) is -0.184. The van der Waals surface area contributed by atoms with Crippen LogP contribution in [0.3, 0.4) is 0 Å². The highest BCUT2D eigenvalue weighted by Gasteiger charge is 2.31. The lowest BCUT2D eigenvalue weighted by Gasteiger charge is -2.32. The highest BCUT2D eigenvalue weighted by atomic mass is 19.1. The number of methoxy groups -OCH3 is 1. The first kappa shape index (κ1) is 26.1. The summed E-state index contributed by atoms with van der Waals surface area (Å²) in [7, 11) is 1.39. The number of carbonyl (C=O) groups excluding carboxylic acids is 2. The molecule has 1 saturated heterocycles. The van der Waals surface area contributed by atoms with Crippen LogP contribution >= 0.6 is 0 Å². The molecule has 0 radical (unpaired) electrons. The summed E-state index contributed by atoms with van der Waals surface area (Å²) in [6.45, 7) is 6.52. The molecule has 37 heavy (non-hydrogen) atoms. The molecule has 0 atom stereocenters. The Balaban J connectivity index is 1.31. The van der Waals surface area contributed by atoms with Crippen LogP contribution in [0, 0.1) is 12.7 Å². The van der Waals surface area contributed by atoms with E-state index in [2.05, 4.69) is 10.3 Å². The number of pyridine rings is 1. The molecule has 2 aromatic carbocycles. The second-order valence-electron chi connectivity index (χ2n) is 9.78. The minimum Gasteiger partial charge on any atom is -0.494 e. The molecule has 0 bridgehead atoms. The SMILES string of the molecule is COc1ccc(C(=O)N2CCC(c3ccc(NC(=O)C(C)(C)Oc4ccc(C)cn4)cc3)CC2)cc1F. The Morgan fingerprint density at radius 2 is 1.76 bits per heavy atom. The number of aromatic nitrogens is 1. The zero-order valence-corrected chi connectivity index (χ0v) is 21.6. The van der Waals surface area contributed by atoms with Gasteiger partial charge in [-0.3, -0.25) is 9.59 Å². The van der Waals surface area contributed by atoms with Crippen LogP contribution in [0.2, 0.25) is 0 Å². The first-order valence-corrected chi connectivity index (χ1v) is 12.3. The number of ether oxygens (including phenoxy) is 2. The maximum Gasteiger partial charge on any atom is 0.268 e. The Hall–Kier alpha value is -3.94. The molecule has 1 aliphatic rings. The molecule has 1 aliphatic heterocycles. The number of nitrogens with one attached hydrogen (secondary N) is 1. The Kier molecular flexibility index (Phi) is 7.76. The van der Waals surface area contributed by atoms with Gasteiger partial charge in [-0.05, 0) is 81.0 Å². The van der Waals surface area contributed by atoms with Crippen LogP contribution in [0.1, 0.15) is 54.1 Å². The summed E-state index contributed by atoms with van der Waals surface area (Å²) in [5.41, 5.74) is 2.06. The molecule has 3 aromatic rings. The van der Waals surface area contributed by atoms with E-state index >= 15 is 0 Å². The predicted octanol–water partition coefficient (Wildman–Crippen LogP) is 5.35. The standard InChI is InChI=1S/C29H32FN3O4/c1-19-5-12-26(31-18-19)37-29(2,3)28(35)32-23-9-6-20(7-10-23)21-13-15-33(16-14-21)27(34)22-8-11-25(36-4)24(30)17-22/h5-12,17-18,21H,13-16H2,1-4H3,(H,32,35). The number of aryl methyl sites for hydroxylation is 1. The van der Waals surface area contributed by atoms with Crippen molar-refractivity contribution in [3.8, 4) is 11.6 Å². The fourth-order valence-electron chi connectivity index (χ4n) is 4.34. The minimum atomic E-state index is -1.10. The summed E-state index contributed by atoms with van der Waals surface area (Å²) < 4.78 is 24.8. The maximum absolute atomic E-state index is 14.0. The van der Waals surface area contributed by atoms with E-state index in [1.807, 2.05) is 37.3 Å². The van der Waals surface area contributed by atoms with Gasteiger partial charge in [0.1, 0.15) is 0 Å². The van der Waals surface area contributed by atoms with E-state index in [4.69, 9.17) is 9.47 Å². The van der Waals surface area contributed by atoms with Gasteiger partial charge >= 0.3 is 0 Å². The Morgan fingerprint density at radius 3 is 2.35 bits per heavy atom. The van der Waals surface area contributed by atoms with Crippen molar-refractivity contribution in [1.29, 1.82) is 0 Å². The third-order valence-corrected chi connectivity index (χ3v) is 6.61. The highest BCUT2D eigenvalue weighted by Crippen LogP contribution is 2.30.